The average Bonchev–Trinajstić information content (AvgIpc) is 3.45. The zero-order valence-corrected chi connectivity index (χ0v) is 52.1. The molecule has 0 heterocycles. The van der Waals surface area contributed by atoms with E-state index in [1.807, 2.05) is 0 Å². The lowest BCUT2D eigenvalue weighted by Gasteiger charge is -2.18. The Morgan fingerprint density at radius 3 is 0.823 bits per heavy atom. The number of esters is 3. The number of rotatable bonds is 61. The molecule has 0 aliphatic rings. The summed E-state index contributed by atoms with van der Waals surface area (Å²) < 4.78 is 16.9. The lowest BCUT2D eigenvalue weighted by molar-refractivity contribution is -0.167. The third-order valence-corrected chi connectivity index (χ3v) is 14.5. The Morgan fingerprint density at radius 1 is 0.266 bits per heavy atom. The van der Waals surface area contributed by atoms with E-state index >= 15 is 0 Å². The lowest BCUT2D eigenvalue weighted by atomic mass is 10.0. The Morgan fingerprint density at radius 2 is 0.494 bits per heavy atom. The molecule has 0 aromatic rings. The van der Waals surface area contributed by atoms with Gasteiger partial charge in [0.2, 0.25) is 0 Å². The molecule has 0 rings (SSSR count). The van der Waals surface area contributed by atoms with E-state index in [9.17, 15) is 14.4 Å². The van der Waals surface area contributed by atoms with Gasteiger partial charge in [-0.05, 0) is 122 Å². The summed E-state index contributed by atoms with van der Waals surface area (Å²) in [7, 11) is 0. The molecule has 79 heavy (non-hydrogen) atoms. The molecule has 0 fully saturated rings. The molecule has 0 spiro atoms. The molecular formula is C73H126O6. The Balaban J connectivity index is 4.41. The van der Waals surface area contributed by atoms with Crippen molar-refractivity contribution >= 4 is 17.9 Å². The van der Waals surface area contributed by atoms with Crippen LogP contribution < -0.4 is 0 Å². The minimum absolute atomic E-state index is 0.0917. The van der Waals surface area contributed by atoms with Gasteiger partial charge in [-0.1, -0.05) is 285 Å². The van der Waals surface area contributed by atoms with Gasteiger partial charge < -0.3 is 14.2 Å². The van der Waals surface area contributed by atoms with Gasteiger partial charge in [-0.2, -0.15) is 0 Å². The molecule has 0 radical (unpaired) electrons. The van der Waals surface area contributed by atoms with E-state index in [2.05, 4.69) is 118 Å². The molecule has 0 bridgehead atoms. The van der Waals surface area contributed by atoms with E-state index in [1.54, 1.807) is 0 Å². The first kappa shape index (κ1) is 75.3. The molecule has 0 aliphatic heterocycles. The van der Waals surface area contributed by atoms with Crippen LogP contribution in [0.3, 0.4) is 0 Å². The summed E-state index contributed by atoms with van der Waals surface area (Å²) in [5, 5.41) is 0. The van der Waals surface area contributed by atoms with Crippen LogP contribution >= 0.6 is 0 Å². The molecule has 0 aliphatic carbocycles. The van der Waals surface area contributed by atoms with Crippen LogP contribution in [0.1, 0.15) is 329 Å². The van der Waals surface area contributed by atoms with Gasteiger partial charge >= 0.3 is 17.9 Å². The van der Waals surface area contributed by atoms with Gasteiger partial charge in [-0.15, -0.1) is 0 Å². The number of carbonyl (C=O) groups is 3. The molecule has 6 heteroatoms. The number of allylic oxidation sites excluding steroid dienone is 16. The van der Waals surface area contributed by atoms with Crippen LogP contribution in [0.5, 0.6) is 0 Å². The minimum atomic E-state index is -0.800. The highest BCUT2D eigenvalue weighted by atomic mass is 16.6. The van der Waals surface area contributed by atoms with E-state index in [-0.39, 0.29) is 37.5 Å². The maximum Gasteiger partial charge on any atom is 0.306 e. The normalized spacial score (nSPS) is 12.7. The van der Waals surface area contributed by atoms with Gasteiger partial charge in [0.15, 0.2) is 6.10 Å². The van der Waals surface area contributed by atoms with Crippen molar-refractivity contribution in [1.29, 1.82) is 0 Å². The fraction of sp³-hybridized carbons (Fsp3) is 0.740. The van der Waals surface area contributed by atoms with Crippen molar-refractivity contribution in [2.45, 2.75) is 335 Å². The maximum atomic E-state index is 12.9. The summed E-state index contributed by atoms with van der Waals surface area (Å²) in [6, 6.07) is 0. The molecule has 1 unspecified atom stereocenters. The van der Waals surface area contributed by atoms with E-state index in [0.29, 0.717) is 12.8 Å². The van der Waals surface area contributed by atoms with Crippen molar-refractivity contribution in [1.82, 2.24) is 0 Å². The Labute approximate surface area is 489 Å². The van der Waals surface area contributed by atoms with Crippen molar-refractivity contribution in [3.8, 4) is 0 Å². The van der Waals surface area contributed by atoms with E-state index < -0.39 is 6.10 Å². The summed E-state index contributed by atoms with van der Waals surface area (Å²) >= 11 is 0. The fourth-order valence-electron chi connectivity index (χ4n) is 9.50. The van der Waals surface area contributed by atoms with Crippen molar-refractivity contribution in [2.24, 2.45) is 0 Å². The second-order valence-electron chi connectivity index (χ2n) is 22.3. The lowest BCUT2D eigenvalue weighted by Crippen LogP contribution is -2.30. The highest BCUT2D eigenvalue weighted by molar-refractivity contribution is 5.71. The van der Waals surface area contributed by atoms with Gasteiger partial charge in [-0.25, -0.2) is 0 Å². The third kappa shape index (κ3) is 65.0. The van der Waals surface area contributed by atoms with Gasteiger partial charge in [-0.3, -0.25) is 14.4 Å². The zero-order chi connectivity index (χ0) is 57.1. The summed E-state index contributed by atoms with van der Waals surface area (Å²) in [5.41, 5.74) is 0. The van der Waals surface area contributed by atoms with Crippen LogP contribution in [0, 0.1) is 0 Å². The van der Waals surface area contributed by atoms with Crippen molar-refractivity contribution in [3.05, 3.63) is 97.2 Å². The monoisotopic (exact) mass is 1100 g/mol. The van der Waals surface area contributed by atoms with Crippen LogP contribution in [-0.4, -0.2) is 37.2 Å². The Hall–Kier alpha value is -3.67. The van der Waals surface area contributed by atoms with Gasteiger partial charge in [0, 0.05) is 19.3 Å². The van der Waals surface area contributed by atoms with Crippen molar-refractivity contribution in [3.63, 3.8) is 0 Å². The smallest absolute Gasteiger partial charge is 0.306 e. The highest BCUT2D eigenvalue weighted by Gasteiger charge is 2.19. The fourth-order valence-corrected chi connectivity index (χ4v) is 9.50. The summed E-state index contributed by atoms with van der Waals surface area (Å²) in [4.78, 5) is 38.4. The van der Waals surface area contributed by atoms with Crippen LogP contribution in [0.2, 0.25) is 0 Å². The second kappa shape index (κ2) is 66.8. The maximum absolute atomic E-state index is 12.9. The molecule has 0 aromatic carbocycles. The summed E-state index contributed by atoms with van der Waals surface area (Å²) in [5.74, 6) is -0.917. The average molecular weight is 1100 g/mol. The third-order valence-electron chi connectivity index (χ3n) is 14.5. The number of hydrogen-bond donors (Lipinski definition) is 0. The van der Waals surface area contributed by atoms with E-state index in [4.69, 9.17) is 14.2 Å². The second-order valence-corrected chi connectivity index (χ2v) is 22.3. The first-order valence-corrected chi connectivity index (χ1v) is 33.7. The summed E-state index contributed by atoms with van der Waals surface area (Å²) in [6.07, 6.45) is 89.9. The molecule has 0 saturated heterocycles. The number of ether oxygens (including phenoxy) is 3. The highest BCUT2D eigenvalue weighted by Crippen LogP contribution is 2.16. The first-order chi connectivity index (χ1) is 39.0. The number of unbranched alkanes of at least 4 members (excludes halogenated alkanes) is 34. The predicted octanol–water partition coefficient (Wildman–Crippen LogP) is 23.2. The SMILES string of the molecule is CC/C=C\C/C=C\C/C=C\C/C=C\C/C=C\CCCCCC(=O)OC(COC(=O)CCCCCCCCCCC/C=C\C/C=C\CCCCC)COC(=O)CCCCCCCCCCCCC/C=C\CCCCCCCCCC. The largest absolute Gasteiger partial charge is 0.462 e. The van der Waals surface area contributed by atoms with Crippen LogP contribution in [0.15, 0.2) is 97.2 Å². The minimum Gasteiger partial charge on any atom is -0.462 e. The van der Waals surface area contributed by atoms with Crippen molar-refractivity contribution in [2.75, 3.05) is 13.2 Å². The molecule has 0 N–H and O–H groups in total. The molecule has 6 nitrogen and oxygen atoms in total. The molecule has 0 saturated carbocycles. The van der Waals surface area contributed by atoms with Crippen molar-refractivity contribution < 1.29 is 28.6 Å². The van der Waals surface area contributed by atoms with Gasteiger partial charge in [0.1, 0.15) is 13.2 Å². The van der Waals surface area contributed by atoms with E-state index in [0.717, 1.165) is 103 Å². The Kier molecular flexibility index (Phi) is 63.7. The molecule has 0 amide bonds. The van der Waals surface area contributed by atoms with Crippen LogP contribution in [0.4, 0.5) is 0 Å². The summed E-state index contributed by atoms with van der Waals surface area (Å²) in [6.45, 7) is 6.51. The van der Waals surface area contributed by atoms with Gasteiger partial charge in [0.05, 0.1) is 0 Å². The number of carbonyl (C=O) groups excluding carboxylic acids is 3. The Bertz CT molecular complexity index is 1540. The first-order valence-electron chi connectivity index (χ1n) is 33.7. The predicted molar refractivity (Wildman–Crippen MR) is 344 cm³/mol. The molecule has 0 aromatic heterocycles. The topological polar surface area (TPSA) is 78.9 Å². The van der Waals surface area contributed by atoms with Crippen LogP contribution in [-0.2, 0) is 28.6 Å². The van der Waals surface area contributed by atoms with Gasteiger partial charge in [0.25, 0.3) is 0 Å². The molecule has 1 atom stereocenters. The molecule has 454 valence electrons. The van der Waals surface area contributed by atoms with E-state index in [1.165, 1.54) is 186 Å². The zero-order valence-electron chi connectivity index (χ0n) is 52.1. The number of hydrogen-bond acceptors (Lipinski definition) is 6. The standard InChI is InChI=1S/C73H126O6/c1-4-7-10-13-16-19-22-25-28-31-34-35-36-37-40-42-45-48-51-54-57-60-63-66-72(75)78-69-70(79-73(76)67-64-61-58-55-52-49-46-43-39-33-30-27-24-21-18-15-12-9-6-3)68-77-71(74)65-62-59-56-53-50-47-44-41-38-32-29-26-23-20-17-14-11-8-5-2/h9,12,17-18,20-21,26-27,29-31,34,39,43,49,52,70H,4-8,10-11,13-16,19,22-25,28,32-33,35-38,40-42,44-48,50-51,53-69H2,1-3H3/b12-9-,20-17-,21-18-,29-26-,30-27-,34-31-,43-39-,52-49-. The quantitative estimate of drug-likeness (QED) is 0.0261. The molecular weight excluding hydrogens is 973 g/mol. The van der Waals surface area contributed by atoms with Crippen LogP contribution in [0.25, 0.3) is 0 Å².